The molecule has 0 aromatic carbocycles. The number of aryl methyl sites for hydroxylation is 1. The highest BCUT2D eigenvalue weighted by atomic mass is 35.5. The fourth-order valence-electron chi connectivity index (χ4n) is 2.69. The first-order chi connectivity index (χ1) is 9.49. The van der Waals surface area contributed by atoms with Gasteiger partial charge in [0.05, 0.1) is 6.04 Å². The first-order valence-corrected chi connectivity index (χ1v) is 7.12. The van der Waals surface area contributed by atoms with E-state index in [1.54, 1.807) is 0 Å². The van der Waals surface area contributed by atoms with Crippen molar-refractivity contribution in [3.05, 3.63) is 53.0 Å². The first kappa shape index (κ1) is 14.8. The molecule has 3 nitrogen and oxygen atoms in total. The molecular weight excluding hydrogens is 270 g/mol. The molecule has 106 valence electrons. The van der Waals surface area contributed by atoms with Gasteiger partial charge >= 0.3 is 0 Å². The lowest BCUT2D eigenvalue weighted by Crippen LogP contribution is -2.40. The first-order valence-electron chi connectivity index (χ1n) is 6.74. The van der Waals surface area contributed by atoms with Crippen LogP contribution in [-0.2, 0) is 0 Å². The second kappa shape index (κ2) is 5.80. The second-order valence-corrected chi connectivity index (χ2v) is 5.37. The summed E-state index contributed by atoms with van der Waals surface area (Å²) in [6, 6.07) is 0.207. The molecule has 4 heteroatoms. The van der Waals surface area contributed by atoms with Crippen molar-refractivity contribution in [2.24, 2.45) is 0 Å². The van der Waals surface area contributed by atoms with Crippen molar-refractivity contribution in [3.63, 3.8) is 0 Å². The Morgan fingerprint density at radius 2 is 1.95 bits per heavy atom. The molecule has 0 N–H and O–H groups in total. The minimum absolute atomic E-state index is 0.207. The van der Waals surface area contributed by atoms with Gasteiger partial charge in [0.2, 0.25) is 5.28 Å². The van der Waals surface area contributed by atoms with Crippen molar-refractivity contribution in [1.82, 2.24) is 9.97 Å². The molecule has 1 aliphatic rings. The Kier molecular flexibility index (Phi) is 4.29. The van der Waals surface area contributed by atoms with E-state index in [0.717, 1.165) is 30.0 Å². The van der Waals surface area contributed by atoms with Crippen LogP contribution in [0.25, 0.3) is 0 Å². The maximum atomic E-state index is 6.02. The van der Waals surface area contributed by atoms with E-state index in [0.29, 0.717) is 5.28 Å². The molecule has 0 amide bonds. The van der Waals surface area contributed by atoms with Crippen LogP contribution in [0, 0.1) is 13.8 Å². The molecule has 1 aromatic rings. The van der Waals surface area contributed by atoms with E-state index in [9.17, 15) is 0 Å². The molecule has 1 aromatic heterocycles. The van der Waals surface area contributed by atoms with Crippen molar-refractivity contribution < 1.29 is 0 Å². The summed E-state index contributed by atoms with van der Waals surface area (Å²) in [6.45, 7) is 14.9. The Hall–Kier alpha value is -1.61. The smallest absolute Gasteiger partial charge is 0.224 e. The average molecular weight is 290 g/mol. The van der Waals surface area contributed by atoms with Crippen molar-refractivity contribution in [2.45, 2.75) is 33.2 Å². The molecule has 0 spiro atoms. The predicted octanol–water partition coefficient (Wildman–Crippen LogP) is 4.01. The summed E-state index contributed by atoms with van der Waals surface area (Å²) in [5, 5.41) is 0.300. The molecule has 0 bridgehead atoms. The van der Waals surface area contributed by atoms with Crippen LogP contribution in [0.15, 0.2) is 36.5 Å². The van der Waals surface area contributed by atoms with Gasteiger partial charge in [-0.3, -0.25) is 0 Å². The van der Waals surface area contributed by atoms with Gasteiger partial charge in [0.15, 0.2) is 0 Å². The fraction of sp³-hybridized carbons (Fsp3) is 0.375. The summed E-state index contributed by atoms with van der Waals surface area (Å²) in [5.41, 5.74) is 4.47. The molecule has 2 rings (SSSR count). The lowest BCUT2D eigenvalue weighted by Gasteiger charge is -2.37. The van der Waals surface area contributed by atoms with E-state index < -0.39 is 0 Å². The van der Waals surface area contributed by atoms with Gasteiger partial charge < -0.3 is 4.90 Å². The highest BCUT2D eigenvalue weighted by molar-refractivity contribution is 6.28. The van der Waals surface area contributed by atoms with Crippen LogP contribution in [-0.4, -0.2) is 22.6 Å². The second-order valence-electron chi connectivity index (χ2n) is 5.03. The summed E-state index contributed by atoms with van der Waals surface area (Å²) in [6.07, 6.45) is 4.78. The number of hydrogen-bond donors (Lipinski definition) is 0. The van der Waals surface area contributed by atoms with Gasteiger partial charge in [-0.1, -0.05) is 25.3 Å². The molecule has 1 atom stereocenters. The van der Waals surface area contributed by atoms with Crippen LogP contribution in [0.3, 0.4) is 0 Å². The predicted molar refractivity (Wildman–Crippen MR) is 85.4 cm³/mol. The van der Waals surface area contributed by atoms with E-state index >= 15 is 0 Å². The number of aromatic nitrogens is 2. The van der Waals surface area contributed by atoms with E-state index in [4.69, 9.17) is 11.6 Å². The van der Waals surface area contributed by atoms with E-state index in [-0.39, 0.29) is 6.04 Å². The third kappa shape index (κ3) is 2.50. The minimum Gasteiger partial charge on any atom is -0.349 e. The van der Waals surface area contributed by atoms with Gasteiger partial charge in [0, 0.05) is 17.8 Å². The molecule has 0 saturated carbocycles. The number of anilines is 1. The van der Waals surface area contributed by atoms with Crippen LogP contribution in [0.5, 0.6) is 0 Å². The van der Waals surface area contributed by atoms with Crippen molar-refractivity contribution in [2.75, 3.05) is 11.4 Å². The molecule has 0 radical (unpaired) electrons. The number of rotatable bonds is 3. The molecule has 20 heavy (non-hydrogen) atoms. The molecule has 2 heterocycles. The zero-order valence-electron chi connectivity index (χ0n) is 12.3. The van der Waals surface area contributed by atoms with Crippen molar-refractivity contribution in [3.8, 4) is 0 Å². The normalized spacial score (nSPS) is 19.2. The maximum absolute atomic E-state index is 6.02. The third-order valence-corrected chi connectivity index (χ3v) is 4.15. The lowest BCUT2D eigenvalue weighted by molar-refractivity contribution is 0.655. The summed E-state index contributed by atoms with van der Waals surface area (Å²) < 4.78 is 0. The molecule has 0 saturated heterocycles. The van der Waals surface area contributed by atoms with Crippen LogP contribution < -0.4 is 4.90 Å². The zero-order valence-corrected chi connectivity index (χ0v) is 13.0. The van der Waals surface area contributed by atoms with Gasteiger partial charge in [0.1, 0.15) is 5.82 Å². The Morgan fingerprint density at radius 3 is 2.55 bits per heavy atom. The molecule has 0 fully saturated rings. The van der Waals surface area contributed by atoms with Gasteiger partial charge in [-0.15, -0.1) is 0 Å². The zero-order chi connectivity index (χ0) is 14.9. The molecule has 1 aliphatic heterocycles. The summed E-state index contributed by atoms with van der Waals surface area (Å²) in [5.74, 6) is 0.914. The Morgan fingerprint density at radius 1 is 1.25 bits per heavy atom. The SMILES string of the molecule is C=CC1=C(C=C)C(C)N(c2nc(Cl)nc(C)c2C)CC1. The number of allylic oxidation sites excluding steroid dienone is 1. The Labute approximate surface area is 125 Å². The summed E-state index contributed by atoms with van der Waals surface area (Å²) in [4.78, 5) is 10.9. The largest absolute Gasteiger partial charge is 0.349 e. The average Bonchev–Trinajstić information content (AvgIpc) is 2.42. The van der Waals surface area contributed by atoms with Gasteiger partial charge in [-0.25, -0.2) is 9.97 Å². The van der Waals surface area contributed by atoms with Crippen LogP contribution in [0.1, 0.15) is 24.6 Å². The van der Waals surface area contributed by atoms with Crippen molar-refractivity contribution in [1.29, 1.82) is 0 Å². The maximum Gasteiger partial charge on any atom is 0.224 e. The standard InChI is InChI=1S/C16H20ClN3/c1-6-13-8-9-20(12(5)14(13)7-2)15-10(3)11(4)18-16(17)19-15/h6-7,12H,1-2,8-9H2,3-5H3. The molecule has 1 unspecified atom stereocenters. The summed E-state index contributed by atoms with van der Waals surface area (Å²) in [7, 11) is 0. The highest BCUT2D eigenvalue weighted by Gasteiger charge is 2.26. The fourth-order valence-corrected chi connectivity index (χ4v) is 2.89. The quantitative estimate of drug-likeness (QED) is 0.787. The summed E-state index contributed by atoms with van der Waals surface area (Å²) >= 11 is 6.02. The Balaban J connectivity index is 2.48. The number of nitrogens with zero attached hydrogens (tertiary/aromatic N) is 3. The van der Waals surface area contributed by atoms with Crippen LogP contribution in [0.4, 0.5) is 5.82 Å². The third-order valence-electron chi connectivity index (χ3n) is 3.99. The van der Waals surface area contributed by atoms with Crippen molar-refractivity contribution >= 4 is 17.4 Å². The van der Waals surface area contributed by atoms with Crippen LogP contribution in [0.2, 0.25) is 5.28 Å². The van der Waals surface area contributed by atoms with Crippen LogP contribution >= 0.6 is 11.6 Å². The lowest BCUT2D eigenvalue weighted by atomic mass is 9.93. The topological polar surface area (TPSA) is 29.0 Å². The number of hydrogen-bond acceptors (Lipinski definition) is 3. The van der Waals surface area contributed by atoms with E-state index in [1.807, 2.05) is 26.0 Å². The van der Waals surface area contributed by atoms with Gasteiger partial charge in [0.25, 0.3) is 0 Å². The van der Waals surface area contributed by atoms with E-state index in [2.05, 4.69) is 34.9 Å². The van der Waals surface area contributed by atoms with E-state index in [1.165, 1.54) is 11.1 Å². The Bertz CT molecular complexity index is 590. The molecular formula is C16H20ClN3. The minimum atomic E-state index is 0.207. The molecule has 0 aliphatic carbocycles. The monoisotopic (exact) mass is 289 g/mol. The highest BCUT2D eigenvalue weighted by Crippen LogP contribution is 2.31. The van der Waals surface area contributed by atoms with Gasteiger partial charge in [-0.05, 0) is 49.9 Å². The van der Waals surface area contributed by atoms with Gasteiger partial charge in [-0.2, -0.15) is 0 Å². The number of halogens is 1.